The summed E-state index contributed by atoms with van der Waals surface area (Å²) in [5, 5.41) is 4.99. The Hall–Kier alpha value is -1.47. The smallest absolute Gasteiger partial charge is 0.275 e. The van der Waals surface area contributed by atoms with Crippen LogP contribution in [0, 0.1) is 0 Å². The van der Waals surface area contributed by atoms with Crippen LogP contribution in [0.15, 0.2) is 17.1 Å². The number of rotatable bonds is 5. The van der Waals surface area contributed by atoms with Crippen molar-refractivity contribution in [2.24, 2.45) is 0 Å². The number of likely N-dealkylation sites (N-methyl/N-ethyl adjacent to an activating group) is 1. The van der Waals surface area contributed by atoms with Crippen molar-refractivity contribution >= 4 is 21.4 Å². The highest BCUT2D eigenvalue weighted by Crippen LogP contribution is 2.18. The van der Waals surface area contributed by atoms with Gasteiger partial charge in [-0.15, -0.1) is 5.10 Å². The molecule has 0 aliphatic heterocycles. The molecule has 0 aromatic carbocycles. The Balaban J connectivity index is 2.18. The van der Waals surface area contributed by atoms with Crippen LogP contribution >= 0.6 is 11.3 Å². The zero-order valence-electron chi connectivity index (χ0n) is 9.79. The standard InChI is InChI=1S/C10H14N4O2S/c1-3-16-7-6-13(2)10-12-14-8(15)4-5-11-9(14)17-10/h4-5H,3,6-7H2,1-2H3. The molecule has 0 N–H and O–H groups in total. The minimum Gasteiger partial charge on any atom is -0.380 e. The van der Waals surface area contributed by atoms with Gasteiger partial charge >= 0.3 is 0 Å². The summed E-state index contributed by atoms with van der Waals surface area (Å²) in [5.41, 5.74) is -0.157. The second-order valence-electron chi connectivity index (χ2n) is 3.48. The lowest BCUT2D eigenvalue weighted by Gasteiger charge is -2.14. The topological polar surface area (TPSA) is 59.7 Å². The largest absolute Gasteiger partial charge is 0.380 e. The Morgan fingerprint density at radius 1 is 1.59 bits per heavy atom. The maximum atomic E-state index is 11.5. The zero-order chi connectivity index (χ0) is 12.3. The molecule has 2 aromatic heterocycles. The minimum absolute atomic E-state index is 0.157. The summed E-state index contributed by atoms with van der Waals surface area (Å²) in [6.07, 6.45) is 1.50. The fourth-order valence-electron chi connectivity index (χ4n) is 1.33. The fourth-order valence-corrected chi connectivity index (χ4v) is 2.19. The first-order valence-electron chi connectivity index (χ1n) is 5.36. The van der Waals surface area contributed by atoms with E-state index in [1.165, 1.54) is 28.1 Å². The predicted molar refractivity (Wildman–Crippen MR) is 66.9 cm³/mol. The average molecular weight is 254 g/mol. The summed E-state index contributed by atoms with van der Waals surface area (Å²) in [6, 6.07) is 1.40. The van der Waals surface area contributed by atoms with Crippen molar-refractivity contribution in [3.05, 3.63) is 22.6 Å². The Labute approximate surface area is 102 Å². The van der Waals surface area contributed by atoms with E-state index in [0.717, 1.165) is 11.7 Å². The van der Waals surface area contributed by atoms with Crippen molar-refractivity contribution < 1.29 is 4.74 Å². The van der Waals surface area contributed by atoms with Crippen LogP contribution in [-0.4, -0.2) is 41.4 Å². The first kappa shape index (κ1) is 12.0. The summed E-state index contributed by atoms with van der Waals surface area (Å²) >= 11 is 1.39. The van der Waals surface area contributed by atoms with Crippen LogP contribution < -0.4 is 10.5 Å². The van der Waals surface area contributed by atoms with E-state index in [-0.39, 0.29) is 5.56 Å². The van der Waals surface area contributed by atoms with Gasteiger partial charge in [0.25, 0.3) is 5.56 Å². The predicted octanol–water partition coefficient (Wildman–Crippen LogP) is 0.624. The molecule has 0 spiro atoms. The van der Waals surface area contributed by atoms with Crippen LogP contribution in [0.1, 0.15) is 6.92 Å². The lowest BCUT2D eigenvalue weighted by molar-refractivity contribution is 0.154. The highest BCUT2D eigenvalue weighted by Gasteiger charge is 2.09. The van der Waals surface area contributed by atoms with Gasteiger partial charge in [0.15, 0.2) is 0 Å². The van der Waals surface area contributed by atoms with E-state index in [0.29, 0.717) is 18.2 Å². The molecule has 0 unspecified atom stereocenters. The molecule has 0 amide bonds. The van der Waals surface area contributed by atoms with Crippen molar-refractivity contribution in [2.75, 3.05) is 31.7 Å². The van der Waals surface area contributed by atoms with Crippen LogP contribution in [0.25, 0.3) is 4.96 Å². The fraction of sp³-hybridized carbons (Fsp3) is 0.500. The molecular formula is C10H14N4O2S. The average Bonchev–Trinajstić information content (AvgIpc) is 2.75. The van der Waals surface area contributed by atoms with Gasteiger partial charge in [-0.25, -0.2) is 4.98 Å². The summed E-state index contributed by atoms with van der Waals surface area (Å²) in [4.78, 5) is 18.2. The highest BCUT2D eigenvalue weighted by atomic mass is 32.1. The highest BCUT2D eigenvalue weighted by molar-refractivity contribution is 7.20. The quantitative estimate of drug-likeness (QED) is 0.732. The van der Waals surface area contributed by atoms with Crippen LogP contribution in [-0.2, 0) is 4.74 Å². The van der Waals surface area contributed by atoms with Crippen LogP contribution in [0.5, 0.6) is 0 Å². The van der Waals surface area contributed by atoms with Crippen LogP contribution in [0.4, 0.5) is 5.13 Å². The monoisotopic (exact) mass is 254 g/mol. The Morgan fingerprint density at radius 3 is 3.12 bits per heavy atom. The number of ether oxygens (including phenoxy) is 1. The van der Waals surface area contributed by atoms with Crippen LogP contribution in [0.2, 0.25) is 0 Å². The lowest BCUT2D eigenvalue weighted by atomic mass is 10.6. The molecule has 17 heavy (non-hydrogen) atoms. The second kappa shape index (κ2) is 5.24. The summed E-state index contributed by atoms with van der Waals surface area (Å²) in [6.45, 7) is 4.05. The van der Waals surface area contributed by atoms with E-state index in [1.807, 2.05) is 18.9 Å². The number of hydrogen-bond donors (Lipinski definition) is 0. The van der Waals surface area contributed by atoms with E-state index in [4.69, 9.17) is 4.74 Å². The molecule has 6 nitrogen and oxygen atoms in total. The normalized spacial score (nSPS) is 10.9. The van der Waals surface area contributed by atoms with Crippen molar-refractivity contribution in [1.82, 2.24) is 14.6 Å². The lowest BCUT2D eigenvalue weighted by Crippen LogP contribution is -2.23. The third kappa shape index (κ3) is 2.62. The Kier molecular flexibility index (Phi) is 3.70. The number of nitrogens with zero attached hydrogens (tertiary/aromatic N) is 4. The maximum Gasteiger partial charge on any atom is 0.275 e. The Bertz CT molecular complexity index is 550. The molecule has 0 atom stereocenters. The summed E-state index contributed by atoms with van der Waals surface area (Å²) < 4.78 is 6.59. The van der Waals surface area contributed by atoms with E-state index in [2.05, 4.69) is 10.1 Å². The molecule has 92 valence electrons. The van der Waals surface area contributed by atoms with Crippen molar-refractivity contribution in [2.45, 2.75) is 6.92 Å². The number of aromatic nitrogens is 3. The van der Waals surface area contributed by atoms with Gasteiger partial charge in [-0.2, -0.15) is 4.52 Å². The number of anilines is 1. The van der Waals surface area contributed by atoms with Gasteiger partial charge in [-0.3, -0.25) is 4.79 Å². The van der Waals surface area contributed by atoms with Crippen LogP contribution in [0.3, 0.4) is 0 Å². The molecule has 7 heteroatoms. The molecule has 2 aromatic rings. The van der Waals surface area contributed by atoms with Gasteiger partial charge < -0.3 is 9.64 Å². The van der Waals surface area contributed by atoms with Gasteiger partial charge in [0.05, 0.1) is 6.61 Å². The molecule has 0 bridgehead atoms. The second-order valence-corrected chi connectivity index (χ2v) is 4.41. The minimum atomic E-state index is -0.157. The maximum absolute atomic E-state index is 11.5. The van der Waals surface area contributed by atoms with Gasteiger partial charge in [-0.05, 0) is 6.92 Å². The van der Waals surface area contributed by atoms with Crippen molar-refractivity contribution in [3.63, 3.8) is 0 Å². The molecule has 0 radical (unpaired) electrons. The third-order valence-corrected chi connectivity index (χ3v) is 3.30. The third-order valence-electron chi connectivity index (χ3n) is 2.26. The van der Waals surface area contributed by atoms with E-state index in [9.17, 15) is 4.79 Å². The molecule has 2 rings (SSSR count). The molecule has 0 fully saturated rings. The Morgan fingerprint density at radius 2 is 2.41 bits per heavy atom. The van der Waals surface area contributed by atoms with Gasteiger partial charge in [0.2, 0.25) is 10.1 Å². The first-order valence-corrected chi connectivity index (χ1v) is 6.18. The SMILES string of the molecule is CCOCCN(C)c1nn2c(=O)ccnc2s1. The van der Waals surface area contributed by atoms with E-state index < -0.39 is 0 Å². The van der Waals surface area contributed by atoms with Crippen molar-refractivity contribution in [1.29, 1.82) is 0 Å². The van der Waals surface area contributed by atoms with Gasteiger partial charge in [-0.1, -0.05) is 11.3 Å². The van der Waals surface area contributed by atoms with Gasteiger partial charge in [0.1, 0.15) is 0 Å². The summed E-state index contributed by atoms with van der Waals surface area (Å²) in [7, 11) is 1.92. The van der Waals surface area contributed by atoms with Gasteiger partial charge in [0, 0.05) is 32.5 Å². The molecule has 2 heterocycles. The summed E-state index contributed by atoms with van der Waals surface area (Å²) in [5.74, 6) is 0. The molecule has 0 saturated carbocycles. The van der Waals surface area contributed by atoms with E-state index >= 15 is 0 Å². The van der Waals surface area contributed by atoms with E-state index in [1.54, 1.807) is 0 Å². The zero-order valence-corrected chi connectivity index (χ0v) is 10.6. The molecule has 0 aliphatic rings. The number of fused-ring (bicyclic) bond motifs is 1. The number of hydrogen-bond acceptors (Lipinski definition) is 6. The molecule has 0 aliphatic carbocycles. The van der Waals surface area contributed by atoms with Crippen molar-refractivity contribution in [3.8, 4) is 0 Å². The molecule has 0 saturated heterocycles. The first-order chi connectivity index (χ1) is 8.22. The molecular weight excluding hydrogens is 240 g/mol.